The van der Waals surface area contributed by atoms with Crippen molar-refractivity contribution in [1.29, 1.82) is 0 Å². The van der Waals surface area contributed by atoms with E-state index in [-0.39, 0.29) is 6.10 Å². The molecule has 1 unspecified atom stereocenters. The van der Waals surface area contributed by atoms with Gasteiger partial charge < -0.3 is 14.7 Å². The molecule has 0 aromatic heterocycles. The highest BCUT2D eigenvalue weighted by molar-refractivity contribution is 6.38. The first-order valence-corrected chi connectivity index (χ1v) is 9.03. The molecule has 0 bridgehead atoms. The zero-order chi connectivity index (χ0) is 19.3. The van der Waals surface area contributed by atoms with E-state index in [1.54, 1.807) is 0 Å². The van der Waals surface area contributed by atoms with Crippen molar-refractivity contribution in [2.24, 2.45) is 5.41 Å². The Hall–Kier alpha value is -2.21. The molecule has 1 fully saturated rings. The smallest absolute Gasteiger partial charge is 0.329 e. The number of hydrogen-bond acceptors (Lipinski definition) is 5. The number of carbonyl (C=O) groups is 3. The summed E-state index contributed by atoms with van der Waals surface area (Å²) in [6.07, 6.45) is 1.35. The Balaban J connectivity index is 2.10. The summed E-state index contributed by atoms with van der Waals surface area (Å²) in [5, 5.41) is 9.32. The number of benzene rings is 1. The van der Waals surface area contributed by atoms with Crippen LogP contribution in [0.5, 0.6) is 0 Å². The van der Waals surface area contributed by atoms with Gasteiger partial charge >= 0.3 is 5.97 Å². The lowest BCUT2D eigenvalue weighted by Gasteiger charge is -2.28. The molecule has 26 heavy (non-hydrogen) atoms. The molecule has 1 aromatic rings. The van der Waals surface area contributed by atoms with Crippen LogP contribution in [-0.4, -0.2) is 46.9 Å². The fourth-order valence-electron chi connectivity index (χ4n) is 3.02. The van der Waals surface area contributed by atoms with E-state index in [0.717, 1.165) is 5.56 Å². The quantitative estimate of drug-likeness (QED) is 0.595. The zero-order valence-corrected chi connectivity index (χ0v) is 15.6. The second-order valence-electron chi connectivity index (χ2n) is 7.27. The summed E-state index contributed by atoms with van der Waals surface area (Å²) in [5.41, 5.74) is -0.263. The van der Waals surface area contributed by atoms with Gasteiger partial charge in [0.25, 0.3) is 5.91 Å². The van der Waals surface area contributed by atoms with Crippen LogP contribution in [0.1, 0.15) is 51.7 Å². The molecule has 0 radical (unpaired) electrons. The summed E-state index contributed by atoms with van der Waals surface area (Å²) >= 11 is 0. The standard InChI is InChI=1S/C20H27NO5/c1-4-16(14-9-6-5-7-10-14)26-19(25)15-11-8-12-21(15)18(24)17(23)20(2,3)13-22/h5-7,9-10,15-16,22H,4,8,11-13H2,1-3H3/t15-,16?/m0/s1. The van der Waals surface area contributed by atoms with Gasteiger partial charge in [-0.15, -0.1) is 0 Å². The van der Waals surface area contributed by atoms with Crippen molar-refractivity contribution in [1.82, 2.24) is 4.90 Å². The number of hydrogen-bond donors (Lipinski definition) is 1. The van der Waals surface area contributed by atoms with Crippen LogP contribution >= 0.6 is 0 Å². The largest absolute Gasteiger partial charge is 0.456 e. The van der Waals surface area contributed by atoms with Gasteiger partial charge in [-0.3, -0.25) is 9.59 Å². The molecular formula is C20H27NO5. The number of ether oxygens (including phenoxy) is 1. The van der Waals surface area contributed by atoms with E-state index >= 15 is 0 Å². The van der Waals surface area contributed by atoms with Crippen LogP contribution < -0.4 is 0 Å². The second kappa shape index (κ2) is 8.45. The number of nitrogens with zero attached hydrogens (tertiary/aromatic N) is 1. The summed E-state index contributed by atoms with van der Waals surface area (Å²) in [5.74, 6) is -1.90. The maximum absolute atomic E-state index is 12.7. The number of rotatable bonds is 7. The number of amides is 1. The summed E-state index contributed by atoms with van der Waals surface area (Å²) in [7, 11) is 0. The second-order valence-corrected chi connectivity index (χ2v) is 7.27. The summed E-state index contributed by atoms with van der Waals surface area (Å²) in [6, 6.07) is 8.70. The average molecular weight is 361 g/mol. The minimum absolute atomic E-state index is 0.341. The van der Waals surface area contributed by atoms with E-state index in [1.165, 1.54) is 18.7 Å². The molecular weight excluding hydrogens is 334 g/mol. The fourth-order valence-corrected chi connectivity index (χ4v) is 3.02. The maximum atomic E-state index is 12.7. The first-order chi connectivity index (χ1) is 12.3. The normalized spacial score (nSPS) is 18.5. The molecule has 1 N–H and O–H groups in total. The summed E-state index contributed by atoms with van der Waals surface area (Å²) < 4.78 is 5.65. The van der Waals surface area contributed by atoms with Gasteiger partial charge in [0.15, 0.2) is 0 Å². The Morgan fingerprint density at radius 2 is 1.92 bits per heavy atom. The van der Waals surface area contributed by atoms with Gasteiger partial charge in [-0.05, 0) is 24.8 Å². The van der Waals surface area contributed by atoms with Crippen LogP contribution in [-0.2, 0) is 19.1 Å². The highest BCUT2D eigenvalue weighted by Gasteiger charge is 2.42. The molecule has 142 valence electrons. The third kappa shape index (κ3) is 4.30. The number of esters is 1. The van der Waals surface area contributed by atoms with Crippen molar-refractivity contribution in [3.8, 4) is 0 Å². The number of aliphatic hydroxyl groups is 1. The molecule has 1 amide bonds. The van der Waals surface area contributed by atoms with Gasteiger partial charge in [-0.25, -0.2) is 4.79 Å². The topological polar surface area (TPSA) is 83.9 Å². The molecule has 0 aliphatic carbocycles. The maximum Gasteiger partial charge on any atom is 0.329 e. The minimum Gasteiger partial charge on any atom is -0.456 e. The van der Waals surface area contributed by atoms with Crippen LogP contribution in [0, 0.1) is 5.41 Å². The van der Waals surface area contributed by atoms with Gasteiger partial charge in [-0.1, -0.05) is 51.1 Å². The molecule has 0 saturated carbocycles. The first-order valence-electron chi connectivity index (χ1n) is 9.03. The van der Waals surface area contributed by atoms with E-state index in [2.05, 4.69) is 0 Å². The van der Waals surface area contributed by atoms with Crippen LogP contribution in [0.25, 0.3) is 0 Å². The van der Waals surface area contributed by atoms with Gasteiger partial charge in [0.2, 0.25) is 5.78 Å². The molecule has 2 rings (SSSR count). The van der Waals surface area contributed by atoms with Gasteiger partial charge in [-0.2, -0.15) is 0 Å². The number of ketones is 1. The van der Waals surface area contributed by atoms with E-state index < -0.39 is 35.7 Å². The molecule has 1 heterocycles. The van der Waals surface area contributed by atoms with E-state index in [0.29, 0.717) is 25.8 Å². The molecule has 1 aliphatic heterocycles. The Bertz CT molecular complexity index is 655. The van der Waals surface area contributed by atoms with E-state index in [1.807, 2.05) is 37.3 Å². The SMILES string of the molecule is CCC(OC(=O)[C@@H]1CCCN1C(=O)C(=O)C(C)(C)CO)c1ccccc1. The summed E-state index contributed by atoms with van der Waals surface area (Å²) in [6.45, 7) is 4.87. The first kappa shape index (κ1) is 20.1. The average Bonchev–Trinajstić information content (AvgIpc) is 3.15. The lowest BCUT2D eigenvalue weighted by Crippen LogP contribution is -2.48. The van der Waals surface area contributed by atoms with Crippen molar-refractivity contribution in [2.45, 2.75) is 52.2 Å². The Morgan fingerprint density at radius 3 is 2.50 bits per heavy atom. The predicted molar refractivity (Wildman–Crippen MR) is 96.2 cm³/mol. The van der Waals surface area contributed by atoms with Crippen molar-refractivity contribution in [3.05, 3.63) is 35.9 Å². The number of aliphatic hydroxyl groups excluding tert-OH is 1. The molecule has 6 heteroatoms. The minimum atomic E-state index is -1.16. The van der Waals surface area contributed by atoms with Crippen molar-refractivity contribution in [3.63, 3.8) is 0 Å². The molecule has 1 saturated heterocycles. The van der Waals surface area contributed by atoms with Crippen molar-refractivity contribution >= 4 is 17.7 Å². The van der Waals surface area contributed by atoms with Crippen LogP contribution in [0.2, 0.25) is 0 Å². The molecule has 0 spiro atoms. The number of likely N-dealkylation sites (tertiary alicyclic amines) is 1. The van der Waals surface area contributed by atoms with Gasteiger partial charge in [0.1, 0.15) is 12.1 Å². The highest BCUT2D eigenvalue weighted by Crippen LogP contribution is 2.27. The monoisotopic (exact) mass is 361 g/mol. The highest BCUT2D eigenvalue weighted by atomic mass is 16.5. The molecule has 1 aliphatic rings. The van der Waals surface area contributed by atoms with E-state index in [4.69, 9.17) is 4.74 Å². The van der Waals surface area contributed by atoms with Crippen LogP contribution in [0.15, 0.2) is 30.3 Å². The van der Waals surface area contributed by atoms with Crippen LogP contribution in [0.3, 0.4) is 0 Å². The number of Topliss-reactive ketones (excluding diaryl/α,β-unsaturated/α-hetero) is 1. The summed E-state index contributed by atoms with van der Waals surface area (Å²) in [4.78, 5) is 38.9. The predicted octanol–water partition coefficient (Wildman–Crippen LogP) is 2.26. The van der Waals surface area contributed by atoms with Crippen molar-refractivity contribution < 1.29 is 24.2 Å². The zero-order valence-electron chi connectivity index (χ0n) is 15.6. The lowest BCUT2D eigenvalue weighted by atomic mass is 9.88. The van der Waals surface area contributed by atoms with Gasteiger partial charge in [0.05, 0.1) is 12.0 Å². The van der Waals surface area contributed by atoms with Gasteiger partial charge in [0, 0.05) is 6.54 Å². The Labute approximate surface area is 154 Å². The van der Waals surface area contributed by atoms with Crippen molar-refractivity contribution in [2.75, 3.05) is 13.2 Å². The van der Waals surface area contributed by atoms with Crippen LogP contribution in [0.4, 0.5) is 0 Å². The molecule has 6 nitrogen and oxygen atoms in total. The molecule has 1 aromatic carbocycles. The third-order valence-corrected chi connectivity index (χ3v) is 4.79. The Morgan fingerprint density at radius 1 is 1.27 bits per heavy atom. The van der Waals surface area contributed by atoms with E-state index in [9.17, 15) is 19.5 Å². The fraction of sp³-hybridized carbons (Fsp3) is 0.550. The number of carbonyl (C=O) groups excluding carboxylic acids is 3. The third-order valence-electron chi connectivity index (χ3n) is 4.79. The molecule has 2 atom stereocenters. The Kier molecular flexibility index (Phi) is 6.53. The lowest BCUT2D eigenvalue weighted by molar-refractivity contribution is -0.161.